The molecule has 0 aliphatic carbocycles. The standard InChI is InChI=1S/C26H23N7O2S/c1-17(34)26(35)31-8-4-6-22(16-31)32-15-21(13-29-32)19-9-24(25-20(11-28)12-30-33(25)14-19)36-23-7-3-2-5-18(23)10-27/h2-3,5,7,9,12-15,17,22,34H,4,6,8,16H2,1H3. The normalized spacial score (nSPS) is 16.4. The number of nitrogens with zero attached hydrogens (tertiary/aromatic N) is 7. The molecule has 1 amide bonds. The minimum atomic E-state index is -1.02. The second-order valence-corrected chi connectivity index (χ2v) is 9.82. The summed E-state index contributed by atoms with van der Waals surface area (Å²) >= 11 is 1.42. The van der Waals surface area contributed by atoms with E-state index in [0.29, 0.717) is 29.7 Å². The fourth-order valence-corrected chi connectivity index (χ4v) is 5.58. The molecule has 1 fully saturated rings. The van der Waals surface area contributed by atoms with Crippen LogP contribution in [0.25, 0.3) is 16.6 Å². The summed E-state index contributed by atoms with van der Waals surface area (Å²) in [6, 6.07) is 13.8. The summed E-state index contributed by atoms with van der Waals surface area (Å²) in [5.41, 5.74) is 3.45. The highest BCUT2D eigenvalue weighted by molar-refractivity contribution is 7.99. The quantitative estimate of drug-likeness (QED) is 0.446. The highest BCUT2D eigenvalue weighted by atomic mass is 32.2. The summed E-state index contributed by atoms with van der Waals surface area (Å²) in [6.07, 6.45) is 7.85. The summed E-state index contributed by atoms with van der Waals surface area (Å²) in [5, 5.41) is 37.8. The van der Waals surface area contributed by atoms with Gasteiger partial charge in [-0.05, 0) is 38.0 Å². The van der Waals surface area contributed by atoms with Gasteiger partial charge in [-0.25, -0.2) is 4.52 Å². The zero-order valence-electron chi connectivity index (χ0n) is 19.6. The van der Waals surface area contributed by atoms with E-state index in [4.69, 9.17) is 0 Å². The molecular weight excluding hydrogens is 474 g/mol. The van der Waals surface area contributed by atoms with Crippen LogP contribution in [0.3, 0.4) is 0 Å². The number of aliphatic hydroxyl groups excluding tert-OH is 1. The van der Waals surface area contributed by atoms with Crippen molar-refractivity contribution in [2.24, 2.45) is 0 Å². The maximum atomic E-state index is 12.3. The first kappa shape index (κ1) is 23.6. The van der Waals surface area contributed by atoms with Gasteiger partial charge < -0.3 is 10.0 Å². The van der Waals surface area contributed by atoms with Crippen LogP contribution >= 0.6 is 11.8 Å². The molecule has 2 atom stereocenters. The number of rotatable bonds is 5. The Balaban J connectivity index is 1.50. The number of hydrogen-bond donors (Lipinski definition) is 1. The van der Waals surface area contributed by atoms with E-state index in [1.165, 1.54) is 18.7 Å². The number of carbonyl (C=O) groups is 1. The fourth-order valence-electron chi connectivity index (χ4n) is 4.49. The topological polar surface area (TPSA) is 123 Å². The van der Waals surface area contributed by atoms with Crippen LogP contribution in [-0.4, -0.2) is 54.5 Å². The highest BCUT2D eigenvalue weighted by Crippen LogP contribution is 2.37. The molecule has 1 aliphatic rings. The molecule has 0 saturated carbocycles. The van der Waals surface area contributed by atoms with Gasteiger partial charge in [-0.2, -0.15) is 20.7 Å². The minimum Gasteiger partial charge on any atom is -0.384 e. The Morgan fingerprint density at radius 1 is 1.11 bits per heavy atom. The summed E-state index contributed by atoms with van der Waals surface area (Å²) in [5.74, 6) is -0.260. The molecule has 4 heterocycles. The molecule has 2 unspecified atom stereocenters. The van der Waals surface area contributed by atoms with Gasteiger partial charge in [0.15, 0.2) is 0 Å². The van der Waals surface area contributed by atoms with Gasteiger partial charge in [0.2, 0.25) is 0 Å². The SMILES string of the molecule is CC(O)C(=O)N1CCCC(n2cc(-c3cc(Sc4ccccc4C#N)c4c(C#N)cnn4c3)cn2)C1. The number of amides is 1. The molecule has 3 aromatic heterocycles. The third kappa shape index (κ3) is 4.44. The third-order valence-corrected chi connectivity index (χ3v) is 7.41. The highest BCUT2D eigenvalue weighted by Gasteiger charge is 2.27. The summed E-state index contributed by atoms with van der Waals surface area (Å²) in [6.45, 7) is 2.63. The first-order chi connectivity index (χ1) is 17.5. The van der Waals surface area contributed by atoms with Gasteiger partial charge in [0.25, 0.3) is 5.91 Å². The lowest BCUT2D eigenvalue weighted by Crippen LogP contribution is -2.44. The van der Waals surface area contributed by atoms with E-state index in [1.807, 2.05) is 41.3 Å². The van der Waals surface area contributed by atoms with Crippen LogP contribution in [0.15, 0.2) is 64.9 Å². The predicted octanol–water partition coefficient (Wildman–Crippen LogP) is 3.64. The van der Waals surface area contributed by atoms with Crippen LogP contribution in [0, 0.1) is 22.7 Å². The Morgan fingerprint density at radius 2 is 1.92 bits per heavy atom. The average molecular weight is 498 g/mol. The van der Waals surface area contributed by atoms with Crippen LogP contribution in [0.1, 0.15) is 36.9 Å². The van der Waals surface area contributed by atoms with Gasteiger partial charge in [0, 0.05) is 46.4 Å². The van der Waals surface area contributed by atoms with Crippen molar-refractivity contribution in [1.82, 2.24) is 24.3 Å². The van der Waals surface area contributed by atoms with Crippen molar-refractivity contribution < 1.29 is 9.90 Å². The number of aromatic nitrogens is 4. The smallest absolute Gasteiger partial charge is 0.251 e. The second-order valence-electron chi connectivity index (χ2n) is 8.73. The predicted molar refractivity (Wildman–Crippen MR) is 133 cm³/mol. The molecule has 1 N–H and O–H groups in total. The molecule has 10 heteroatoms. The number of carbonyl (C=O) groups excluding carboxylic acids is 1. The van der Waals surface area contributed by atoms with Gasteiger partial charge >= 0.3 is 0 Å². The lowest BCUT2D eigenvalue weighted by Gasteiger charge is -2.33. The number of piperidine rings is 1. The van der Waals surface area contributed by atoms with Gasteiger partial charge in [-0.3, -0.25) is 9.48 Å². The molecule has 1 saturated heterocycles. The molecule has 4 aromatic rings. The molecule has 0 radical (unpaired) electrons. The van der Waals surface area contributed by atoms with Crippen LogP contribution < -0.4 is 0 Å². The summed E-state index contributed by atoms with van der Waals surface area (Å²) in [7, 11) is 0. The number of nitriles is 2. The van der Waals surface area contributed by atoms with E-state index in [0.717, 1.165) is 33.8 Å². The molecular formula is C26H23N7O2S. The molecule has 5 rings (SSSR count). The van der Waals surface area contributed by atoms with Crippen molar-refractivity contribution in [2.45, 2.75) is 41.7 Å². The lowest BCUT2D eigenvalue weighted by atomic mass is 10.1. The molecule has 9 nitrogen and oxygen atoms in total. The van der Waals surface area contributed by atoms with E-state index in [1.54, 1.807) is 27.9 Å². The van der Waals surface area contributed by atoms with E-state index in [2.05, 4.69) is 22.3 Å². The van der Waals surface area contributed by atoms with Crippen molar-refractivity contribution in [1.29, 1.82) is 10.5 Å². The summed E-state index contributed by atoms with van der Waals surface area (Å²) < 4.78 is 3.56. The molecule has 180 valence electrons. The van der Waals surface area contributed by atoms with Gasteiger partial charge in [0.1, 0.15) is 18.2 Å². The zero-order valence-corrected chi connectivity index (χ0v) is 20.4. The lowest BCUT2D eigenvalue weighted by molar-refractivity contribution is -0.141. The maximum Gasteiger partial charge on any atom is 0.251 e. The van der Waals surface area contributed by atoms with Crippen LogP contribution in [-0.2, 0) is 4.79 Å². The van der Waals surface area contributed by atoms with Crippen molar-refractivity contribution in [3.8, 4) is 23.3 Å². The Bertz CT molecular complexity index is 1530. The minimum absolute atomic E-state index is 0.0187. The second kappa shape index (κ2) is 9.86. The number of hydrogen-bond acceptors (Lipinski definition) is 7. The molecule has 36 heavy (non-hydrogen) atoms. The van der Waals surface area contributed by atoms with Gasteiger partial charge in [-0.15, -0.1) is 0 Å². The zero-order chi connectivity index (χ0) is 25.2. The van der Waals surface area contributed by atoms with Gasteiger partial charge in [-0.1, -0.05) is 23.9 Å². The van der Waals surface area contributed by atoms with Gasteiger partial charge in [0.05, 0.1) is 35.1 Å². The Morgan fingerprint density at radius 3 is 2.69 bits per heavy atom. The first-order valence-corrected chi connectivity index (χ1v) is 12.4. The number of aliphatic hydroxyl groups is 1. The number of fused-ring (bicyclic) bond motifs is 1. The van der Waals surface area contributed by atoms with E-state index in [9.17, 15) is 20.4 Å². The summed E-state index contributed by atoms with van der Waals surface area (Å²) in [4.78, 5) is 15.6. The first-order valence-electron chi connectivity index (χ1n) is 11.6. The molecule has 0 spiro atoms. The van der Waals surface area contributed by atoms with Crippen LogP contribution in [0.4, 0.5) is 0 Å². The molecule has 0 bridgehead atoms. The number of benzene rings is 1. The van der Waals surface area contributed by atoms with E-state index < -0.39 is 6.10 Å². The van der Waals surface area contributed by atoms with E-state index >= 15 is 0 Å². The van der Waals surface area contributed by atoms with Crippen LogP contribution in [0.2, 0.25) is 0 Å². The molecule has 1 aromatic carbocycles. The average Bonchev–Trinajstić information content (AvgIpc) is 3.56. The van der Waals surface area contributed by atoms with Crippen molar-refractivity contribution in [3.05, 3.63) is 66.2 Å². The Labute approximate surface area is 212 Å². The Hall–Kier alpha value is -4.12. The largest absolute Gasteiger partial charge is 0.384 e. The fraction of sp³-hybridized carbons (Fsp3) is 0.269. The monoisotopic (exact) mass is 497 g/mol. The van der Waals surface area contributed by atoms with Crippen molar-refractivity contribution >= 4 is 23.2 Å². The Kier molecular flexibility index (Phi) is 6.47. The molecule has 1 aliphatic heterocycles. The number of pyridine rings is 1. The third-order valence-electron chi connectivity index (χ3n) is 6.30. The van der Waals surface area contributed by atoms with E-state index in [-0.39, 0.29) is 11.9 Å². The maximum absolute atomic E-state index is 12.3. The van der Waals surface area contributed by atoms with Crippen molar-refractivity contribution in [2.75, 3.05) is 13.1 Å². The van der Waals surface area contributed by atoms with Crippen molar-refractivity contribution in [3.63, 3.8) is 0 Å². The van der Waals surface area contributed by atoms with Crippen LogP contribution in [0.5, 0.6) is 0 Å². The number of likely N-dealkylation sites (tertiary alicyclic amines) is 1.